The second-order valence-electron chi connectivity index (χ2n) is 8.15. The summed E-state index contributed by atoms with van der Waals surface area (Å²) in [6.07, 6.45) is 6.53. The minimum atomic E-state index is -4.37. The Hall–Kier alpha value is -1.02. The van der Waals surface area contributed by atoms with E-state index in [2.05, 4.69) is 15.9 Å². The molecule has 1 aromatic carbocycles. The summed E-state index contributed by atoms with van der Waals surface area (Å²) in [5, 5.41) is -4.06. The van der Waals surface area contributed by atoms with E-state index in [1.807, 2.05) is 26.8 Å². The average Bonchev–Trinajstić information content (AvgIpc) is 2.94. The molecule has 9 heteroatoms. The zero-order valence-electron chi connectivity index (χ0n) is 16.3. The number of benzene rings is 1. The van der Waals surface area contributed by atoms with Crippen molar-refractivity contribution in [2.45, 2.75) is 42.3 Å². The molecule has 0 bridgehead atoms. The van der Waals surface area contributed by atoms with Gasteiger partial charge in [-0.3, -0.25) is 0 Å². The molecule has 158 valence electrons. The van der Waals surface area contributed by atoms with Gasteiger partial charge in [0.1, 0.15) is 0 Å². The fraction of sp³-hybridized carbons (Fsp3) is 0.400. The van der Waals surface area contributed by atoms with Crippen LogP contribution in [0.25, 0.3) is 10.9 Å². The number of aromatic nitrogens is 1. The number of allylic oxidation sites excluding steroid dienone is 3. The van der Waals surface area contributed by atoms with Crippen molar-refractivity contribution < 1.29 is 21.6 Å². The zero-order chi connectivity index (χ0) is 21.8. The minimum absolute atomic E-state index is 0.00488. The Kier molecular flexibility index (Phi) is 5.70. The summed E-state index contributed by atoms with van der Waals surface area (Å²) in [6, 6.07) is 6.33. The first kappa shape index (κ1) is 22.7. The zero-order valence-corrected chi connectivity index (χ0v) is 20.4. The van der Waals surface area contributed by atoms with Crippen LogP contribution in [0.5, 0.6) is 0 Å². The van der Waals surface area contributed by atoms with Gasteiger partial charge in [0.15, 0.2) is 0 Å². The third-order valence-electron chi connectivity index (χ3n) is 4.98. The van der Waals surface area contributed by atoms with Crippen LogP contribution >= 0.6 is 15.9 Å². The van der Waals surface area contributed by atoms with Gasteiger partial charge in [0, 0.05) is 0 Å². The van der Waals surface area contributed by atoms with Crippen LogP contribution in [0.4, 0.5) is 13.2 Å². The molecule has 29 heavy (non-hydrogen) atoms. The molecule has 0 radical (unpaired) electrons. The van der Waals surface area contributed by atoms with E-state index < -0.39 is 39.6 Å². The van der Waals surface area contributed by atoms with Gasteiger partial charge in [0.2, 0.25) is 0 Å². The van der Waals surface area contributed by atoms with Crippen LogP contribution in [0.1, 0.15) is 27.7 Å². The van der Waals surface area contributed by atoms with Crippen molar-refractivity contribution in [1.82, 2.24) is 3.97 Å². The molecule has 2 unspecified atom stereocenters. The van der Waals surface area contributed by atoms with Crippen LogP contribution in [0.15, 0.2) is 54.3 Å². The number of rotatable bonds is 3. The van der Waals surface area contributed by atoms with Gasteiger partial charge in [0.25, 0.3) is 0 Å². The van der Waals surface area contributed by atoms with Crippen molar-refractivity contribution in [3.05, 3.63) is 54.3 Å². The number of fused-ring (bicyclic) bond motifs is 1. The van der Waals surface area contributed by atoms with E-state index in [9.17, 15) is 21.6 Å². The molecular weight excluding hydrogens is 534 g/mol. The number of hydrogen-bond acceptors (Lipinski definition) is 2. The number of nitrogens with zero attached hydrogens (tertiary/aromatic N) is 1. The van der Waals surface area contributed by atoms with E-state index >= 15 is 0 Å². The molecule has 0 N–H and O–H groups in total. The first-order valence-corrected chi connectivity index (χ1v) is 12.9. The molecule has 0 saturated heterocycles. The monoisotopic (exact) mass is 555 g/mol. The molecule has 2 aromatic rings. The molecule has 3 rings (SSSR count). The fourth-order valence-corrected chi connectivity index (χ4v) is 7.55. The first-order chi connectivity index (χ1) is 13.2. The van der Waals surface area contributed by atoms with Crippen molar-refractivity contribution in [2.75, 3.05) is 0 Å². The van der Waals surface area contributed by atoms with Crippen molar-refractivity contribution in [3.63, 3.8) is 0 Å². The van der Waals surface area contributed by atoms with Gasteiger partial charge in [-0.2, -0.15) is 0 Å². The Balaban J connectivity index is 2.23. The van der Waals surface area contributed by atoms with Crippen LogP contribution in [-0.2, 0) is 10.0 Å². The quantitative estimate of drug-likeness (QED) is 0.406. The molecule has 0 fully saturated rings. The molecule has 0 aliphatic heterocycles. The predicted octanol–water partition coefficient (Wildman–Crippen LogP) is 4.73. The fourth-order valence-electron chi connectivity index (χ4n) is 3.24. The van der Waals surface area contributed by atoms with Crippen LogP contribution in [0.2, 0.25) is 0 Å². The van der Waals surface area contributed by atoms with Crippen LogP contribution in [0, 0.1) is 5.41 Å². The standard InChI is InChI=1S/C20H21BrF3NO2SSe/c1-18(2,3)13-9-10-17(21)19(4,11-13)28(26,27)25-12-16(29-20(22,23)24)14-7-5-6-8-15(14)25/h5-12,17H,1-4H3. The summed E-state index contributed by atoms with van der Waals surface area (Å²) < 4.78 is 66.5. The second kappa shape index (κ2) is 7.29. The summed E-state index contributed by atoms with van der Waals surface area (Å²) in [5.41, 5.74) is 0.842. The summed E-state index contributed by atoms with van der Waals surface area (Å²) in [4.78, 5) is -0.524. The molecule has 2 atom stereocenters. The van der Waals surface area contributed by atoms with Gasteiger partial charge in [-0.25, -0.2) is 0 Å². The Labute approximate surface area is 183 Å². The van der Waals surface area contributed by atoms with Crippen LogP contribution < -0.4 is 4.46 Å². The van der Waals surface area contributed by atoms with Gasteiger partial charge >= 0.3 is 184 Å². The van der Waals surface area contributed by atoms with Gasteiger partial charge < -0.3 is 0 Å². The van der Waals surface area contributed by atoms with Crippen molar-refractivity contribution >= 4 is 56.3 Å². The Morgan fingerprint density at radius 1 is 1.17 bits per heavy atom. The van der Waals surface area contributed by atoms with E-state index in [0.29, 0.717) is 5.39 Å². The normalized spacial score (nSPS) is 23.4. The summed E-state index contributed by atoms with van der Waals surface area (Å²) >= 11 is 1.61. The molecule has 0 spiro atoms. The van der Waals surface area contributed by atoms with Crippen molar-refractivity contribution in [3.8, 4) is 0 Å². The molecule has 1 aromatic heterocycles. The molecule has 3 nitrogen and oxygen atoms in total. The van der Waals surface area contributed by atoms with Crippen molar-refractivity contribution in [2.24, 2.45) is 5.41 Å². The van der Waals surface area contributed by atoms with Crippen LogP contribution in [0.3, 0.4) is 0 Å². The third kappa shape index (κ3) is 4.11. The van der Waals surface area contributed by atoms with Crippen LogP contribution in [-0.4, -0.2) is 42.0 Å². The second-order valence-corrected chi connectivity index (χ2v) is 13.7. The topological polar surface area (TPSA) is 39.1 Å². The molecule has 0 saturated carbocycles. The summed E-state index contributed by atoms with van der Waals surface area (Å²) in [5.74, 6) is 0. The third-order valence-corrected chi connectivity index (χ3v) is 10.5. The van der Waals surface area contributed by atoms with E-state index in [4.69, 9.17) is 0 Å². The van der Waals surface area contributed by atoms with Gasteiger partial charge in [-0.05, 0) is 0 Å². The van der Waals surface area contributed by atoms with Gasteiger partial charge in [0.05, 0.1) is 0 Å². The molecule has 1 aliphatic rings. The molecule has 0 amide bonds. The number of alkyl halides is 4. The van der Waals surface area contributed by atoms with E-state index in [1.54, 1.807) is 37.3 Å². The predicted molar refractivity (Wildman–Crippen MR) is 115 cm³/mol. The Bertz CT molecular complexity index is 1110. The molecule has 1 heterocycles. The number of para-hydroxylation sites is 1. The van der Waals surface area contributed by atoms with E-state index in [-0.39, 0.29) is 15.4 Å². The summed E-state index contributed by atoms with van der Waals surface area (Å²) in [6.45, 7) is 7.56. The van der Waals surface area contributed by atoms with E-state index in [1.165, 1.54) is 6.07 Å². The number of halogens is 4. The average molecular weight is 555 g/mol. The SMILES string of the molecule is CC(C)(C)C1=CC(C)(S(=O)(=O)n2cc([Se]C(F)(F)F)c3ccccc32)C(Br)C=C1. The molecular formula is C20H21BrF3NO2SSe. The van der Waals surface area contributed by atoms with Crippen molar-refractivity contribution in [1.29, 1.82) is 0 Å². The first-order valence-electron chi connectivity index (χ1n) is 8.83. The maximum absolute atomic E-state index is 13.8. The molecule has 1 aliphatic carbocycles. The maximum atomic E-state index is 13.8. The van der Waals surface area contributed by atoms with Gasteiger partial charge in [-0.1, -0.05) is 0 Å². The summed E-state index contributed by atoms with van der Waals surface area (Å²) in [7, 11) is -4.08. The van der Waals surface area contributed by atoms with E-state index in [0.717, 1.165) is 15.7 Å². The van der Waals surface area contributed by atoms with Gasteiger partial charge in [-0.15, -0.1) is 0 Å². The Morgan fingerprint density at radius 3 is 2.38 bits per heavy atom. The number of hydrogen-bond donors (Lipinski definition) is 0. The Morgan fingerprint density at radius 2 is 1.79 bits per heavy atom.